The van der Waals surface area contributed by atoms with Gasteiger partial charge in [0.15, 0.2) is 0 Å². The summed E-state index contributed by atoms with van der Waals surface area (Å²) in [4.78, 5) is 0. The molecule has 0 saturated heterocycles. The Hall–Kier alpha value is -0.0400. The van der Waals surface area contributed by atoms with Crippen LogP contribution in [0.5, 0.6) is 0 Å². The molecule has 40 valence electrons. The van der Waals surface area contributed by atoms with Crippen LogP contribution in [-0.2, 0) is 0 Å². The van der Waals surface area contributed by atoms with Gasteiger partial charge in [-0.2, -0.15) is 0 Å². The predicted octanol–water partition coefficient (Wildman–Crippen LogP) is 1.38. The minimum atomic E-state index is 0.594. The molecule has 0 aliphatic carbocycles. The summed E-state index contributed by atoms with van der Waals surface area (Å²) < 4.78 is 6.60. The molecule has 2 N–H and O–H groups in total. The number of nitrogens with two attached hydrogens (primary N) is 1. The van der Waals surface area contributed by atoms with E-state index in [1.54, 1.807) is 0 Å². The first-order valence-electron chi connectivity index (χ1n) is 2.99. The molecule has 0 fully saturated rings. The lowest BCUT2D eigenvalue weighted by Crippen LogP contribution is -1.69. The topological polar surface area (TPSA) is 26.0 Å². The third kappa shape index (κ3) is 37.6. The largest absolute Gasteiger partial charge is 0.333 e. The second-order valence-corrected chi connectivity index (χ2v) is 0.854. The highest BCUT2D eigenvalue weighted by molar-refractivity contribution is 4.12. The maximum Gasteiger partial charge on any atom is 0.0230 e. The lowest BCUT2D eigenvalue weighted by molar-refractivity contribution is 0.886. The van der Waals surface area contributed by atoms with Crippen molar-refractivity contribution in [3.8, 4) is 0 Å². The van der Waals surface area contributed by atoms with E-state index in [2.05, 4.69) is 12.7 Å². The van der Waals surface area contributed by atoms with Crippen molar-refractivity contribution in [2.75, 3.05) is 7.05 Å². The molecule has 0 saturated carbocycles. The molecule has 0 heterocycles. The fourth-order valence-electron chi connectivity index (χ4n) is 0. The Kier molecular flexibility index (Phi) is 20.1. The Morgan fingerprint density at radius 1 is 1.50 bits per heavy atom. The highest BCUT2D eigenvalue weighted by Crippen LogP contribution is 1.76. The first-order chi connectivity index (χ1) is 3.41. The molecule has 0 spiro atoms. The van der Waals surface area contributed by atoms with Crippen LogP contribution in [0.4, 0.5) is 0 Å². The molecular weight excluding hydrogens is 74.1 g/mol. The Bertz CT molecular complexity index is 15.6. The van der Waals surface area contributed by atoms with Crippen molar-refractivity contribution in [1.29, 1.82) is 0 Å². The molecule has 0 bridgehead atoms. The van der Waals surface area contributed by atoms with Crippen LogP contribution in [0.15, 0.2) is 0 Å². The average molecular weight is 90.2 g/mol. The van der Waals surface area contributed by atoms with Gasteiger partial charge < -0.3 is 5.73 Å². The van der Waals surface area contributed by atoms with Gasteiger partial charge in [0.2, 0.25) is 0 Å². The van der Waals surface area contributed by atoms with Crippen LogP contribution in [0.25, 0.3) is 0 Å². The second-order valence-electron chi connectivity index (χ2n) is 0.854. The highest BCUT2D eigenvalue weighted by atomic mass is 14.4. The number of rotatable bonds is 1. The second kappa shape index (κ2) is 20.2. The van der Waals surface area contributed by atoms with Gasteiger partial charge in [-0.3, -0.25) is 0 Å². The monoisotopic (exact) mass is 90.1 g/mol. The van der Waals surface area contributed by atoms with Crippen LogP contribution >= 0.6 is 0 Å². The van der Waals surface area contributed by atoms with Crippen LogP contribution in [0, 0.1) is 0 Å². The molecule has 0 aromatic heterocycles. The van der Waals surface area contributed by atoms with Gasteiger partial charge in [-0.1, -0.05) is 26.7 Å². The van der Waals surface area contributed by atoms with Crippen LogP contribution in [-0.4, -0.2) is 7.05 Å². The Balaban J connectivity index is 0. The molecule has 0 aliphatic rings. The molecular formula is C5H15N. The summed E-state index contributed by atoms with van der Waals surface area (Å²) in [5.41, 5.74) is 4.50. The quantitative estimate of drug-likeness (QED) is 0.517. The molecule has 0 amide bonds. The Morgan fingerprint density at radius 2 is 2.00 bits per heavy atom. The van der Waals surface area contributed by atoms with E-state index in [0.29, 0.717) is 6.90 Å². The maximum atomic E-state index is 6.60. The SMILES string of the molecule is CN.[2H]CCCC. The van der Waals surface area contributed by atoms with Crippen LogP contribution in [0.1, 0.15) is 28.0 Å². The molecule has 0 rings (SSSR count). The fraction of sp³-hybridized carbons (Fsp3) is 1.00. The van der Waals surface area contributed by atoms with Crippen molar-refractivity contribution in [3.63, 3.8) is 0 Å². The van der Waals surface area contributed by atoms with Gasteiger partial charge in [-0.15, -0.1) is 0 Å². The zero-order valence-electron chi connectivity index (χ0n) is 5.70. The van der Waals surface area contributed by atoms with Crippen molar-refractivity contribution in [2.45, 2.75) is 26.7 Å². The minimum Gasteiger partial charge on any atom is -0.333 e. The third-order valence-corrected chi connectivity index (χ3v) is 0.354. The molecule has 0 aromatic rings. The summed E-state index contributed by atoms with van der Waals surface area (Å²) in [6.07, 6.45) is 2.21. The zero-order chi connectivity index (χ0) is 6.12. The summed E-state index contributed by atoms with van der Waals surface area (Å²) in [5, 5.41) is 0. The molecule has 0 radical (unpaired) electrons. The molecule has 0 unspecified atom stereocenters. The smallest absolute Gasteiger partial charge is 0.0230 e. The average Bonchev–Trinajstić information content (AvgIpc) is 1.75. The van der Waals surface area contributed by atoms with Crippen LogP contribution in [0.2, 0.25) is 0 Å². The van der Waals surface area contributed by atoms with E-state index < -0.39 is 0 Å². The molecule has 6 heavy (non-hydrogen) atoms. The van der Waals surface area contributed by atoms with Gasteiger partial charge in [0, 0.05) is 1.37 Å². The molecule has 0 aliphatic heterocycles. The molecule has 1 nitrogen and oxygen atoms in total. The number of unbranched alkanes of at least 4 members (excludes halogenated alkanes) is 1. The third-order valence-electron chi connectivity index (χ3n) is 0.354. The zero-order valence-corrected chi connectivity index (χ0v) is 4.70. The van der Waals surface area contributed by atoms with Crippen molar-refractivity contribution < 1.29 is 1.37 Å². The van der Waals surface area contributed by atoms with E-state index in [-0.39, 0.29) is 0 Å². The fourth-order valence-corrected chi connectivity index (χ4v) is 0. The van der Waals surface area contributed by atoms with E-state index in [1.807, 2.05) is 0 Å². The molecule has 0 atom stereocenters. The normalized spacial score (nSPS) is 8.17. The minimum absolute atomic E-state index is 0.594. The summed E-state index contributed by atoms with van der Waals surface area (Å²) in [6.45, 7) is 2.69. The van der Waals surface area contributed by atoms with Crippen LogP contribution < -0.4 is 5.73 Å². The molecule has 0 aromatic carbocycles. The van der Waals surface area contributed by atoms with Gasteiger partial charge >= 0.3 is 0 Å². The first-order valence-corrected chi connectivity index (χ1v) is 2.28. The summed E-state index contributed by atoms with van der Waals surface area (Å²) in [5.74, 6) is 0. The molecule has 1 heteroatoms. The van der Waals surface area contributed by atoms with Gasteiger partial charge in [0.25, 0.3) is 0 Å². The van der Waals surface area contributed by atoms with Crippen molar-refractivity contribution >= 4 is 0 Å². The van der Waals surface area contributed by atoms with E-state index in [0.717, 1.165) is 12.8 Å². The lowest BCUT2D eigenvalue weighted by Gasteiger charge is -1.68. The van der Waals surface area contributed by atoms with Gasteiger partial charge in [-0.05, 0) is 7.05 Å². The van der Waals surface area contributed by atoms with Gasteiger partial charge in [0.1, 0.15) is 0 Å². The van der Waals surface area contributed by atoms with Crippen molar-refractivity contribution in [1.82, 2.24) is 0 Å². The summed E-state index contributed by atoms with van der Waals surface area (Å²) in [7, 11) is 1.50. The van der Waals surface area contributed by atoms with E-state index in [1.165, 1.54) is 7.05 Å². The van der Waals surface area contributed by atoms with Crippen LogP contribution in [0.3, 0.4) is 0 Å². The summed E-state index contributed by atoms with van der Waals surface area (Å²) in [6, 6.07) is 0. The van der Waals surface area contributed by atoms with Gasteiger partial charge in [-0.25, -0.2) is 0 Å². The highest BCUT2D eigenvalue weighted by Gasteiger charge is 1.56. The predicted molar refractivity (Wildman–Crippen MR) is 30.7 cm³/mol. The number of hydrogen-bond donors (Lipinski definition) is 1. The standard InChI is InChI=1S/C4H10.CH5N/c1-3-4-2;1-2/h3-4H2,1-2H3;2H2,1H3/i1D;. The van der Waals surface area contributed by atoms with Gasteiger partial charge in [0.05, 0.1) is 0 Å². The lowest BCUT2D eigenvalue weighted by atomic mass is 10.4. The van der Waals surface area contributed by atoms with E-state index in [4.69, 9.17) is 1.37 Å². The Labute approximate surface area is 41.9 Å². The summed E-state index contributed by atoms with van der Waals surface area (Å²) >= 11 is 0. The maximum absolute atomic E-state index is 6.60. The first kappa shape index (κ1) is 5.96. The van der Waals surface area contributed by atoms with Crippen molar-refractivity contribution in [3.05, 3.63) is 0 Å². The Morgan fingerprint density at radius 3 is 2.00 bits per heavy atom. The van der Waals surface area contributed by atoms with Crippen molar-refractivity contribution in [2.24, 2.45) is 5.73 Å². The van der Waals surface area contributed by atoms with E-state index >= 15 is 0 Å². The van der Waals surface area contributed by atoms with E-state index in [9.17, 15) is 0 Å². The number of hydrogen-bond acceptors (Lipinski definition) is 1.